The molecule has 33 heavy (non-hydrogen) atoms. The number of aliphatic hydroxyl groups is 2. The van der Waals surface area contributed by atoms with Crippen LogP contribution < -0.4 is 16.0 Å². The highest BCUT2D eigenvalue weighted by Gasteiger charge is 2.36. The second-order valence-corrected chi connectivity index (χ2v) is 8.14. The van der Waals surface area contributed by atoms with Gasteiger partial charge in [-0.2, -0.15) is 10.2 Å². The maximum Gasteiger partial charge on any atom is 0.284 e. The standard InChI is InChI=1S/C22H25N5O6/c23-10-13-3-1-4-14(9-13)19-25-18(24)17(20(29)27-32-12-22(30)6-2-7-22)21(26-19)33-15-5-8-31-16(15)11-28/h1,3-4,9,15-16,28,30H,2,5-8,11-12H2,(H,27,29)(H2,24,25,26)/t15-,16-/m0/s1. The van der Waals surface area contributed by atoms with Crippen molar-refractivity contribution >= 4 is 11.7 Å². The van der Waals surface area contributed by atoms with Crippen LogP contribution in [-0.4, -0.2) is 63.7 Å². The van der Waals surface area contributed by atoms with Gasteiger partial charge < -0.3 is 25.4 Å². The molecule has 0 radical (unpaired) electrons. The number of nitrogens with two attached hydrogens (primary N) is 1. The van der Waals surface area contributed by atoms with E-state index in [4.69, 9.17) is 20.0 Å². The molecule has 2 aromatic rings. The first kappa shape index (κ1) is 22.9. The number of ether oxygens (including phenoxy) is 2. The van der Waals surface area contributed by atoms with Crippen LogP contribution in [-0.2, 0) is 9.57 Å². The van der Waals surface area contributed by atoms with Crippen LogP contribution in [0.2, 0.25) is 0 Å². The fourth-order valence-corrected chi connectivity index (χ4v) is 3.71. The minimum absolute atomic E-state index is 0.0578. The highest BCUT2D eigenvalue weighted by molar-refractivity contribution is 6.00. The molecule has 1 amide bonds. The van der Waals surface area contributed by atoms with Gasteiger partial charge in [-0.05, 0) is 31.4 Å². The summed E-state index contributed by atoms with van der Waals surface area (Å²) in [5.74, 6) is -0.819. The molecule has 11 heteroatoms. The van der Waals surface area contributed by atoms with Crippen LogP contribution in [0.15, 0.2) is 24.3 Å². The molecule has 1 saturated heterocycles. The summed E-state index contributed by atoms with van der Waals surface area (Å²) in [6.45, 7) is 0.0695. The van der Waals surface area contributed by atoms with E-state index in [2.05, 4.69) is 15.4 Å². The lowest BCUT2D eigenvalue weighted by atomic mass is 9.81. The zero-order chi connectivity index (χ0) is 23.4. The number of rotatable bonds is 8. The Morgan fingerprint density at radius 1 is 1.39 bits per heavy atom. The Bertz CT molecular complexity index is 1070. The van der Waals surface area contributed by atoms with E-state index in [1.165, 1.54) is 0 Å². The Labute approximate surface area is 190 Å². The predicted molar refractivity (Wildman–Crippen MR) is 115 cm³/mol. The van der Waals surface area contributed by atoms with E-state index >= 15 is 0 Å². The van der Waals surface area contributed by atoms with E-state index in [0.29, 0.717) is 37.0 Å². The molecule has 174 valence electrons. The summed E-state index contributed by atoms with van der Waals surface area (Å²) in [7, 11) is 0. The summed E-state index contributed by atoms with van der Waals surface area (Å²) >= 11 is 0. The van der Waals surface area contributed by atoms with Gasteiger partial charge in [0.05, 0.1) is 30.4 Å². The van der Waals surface area contributed by atoms with Crippen molar-refractivity contribution in [3.63, 3.8) is 0 Å². The Hall–Kier alpha value is -3.30. The van der Waals surface area contributed by atoms with Crippen molar-refractivity contribution in [1.82, 2.24) is 15.4 Å². The third-order valence-corrected chi connectivity index (χ3v) is 5.76. The molecule has 5 N–H and O–H groups in total. The highest BCUT2D eigenvalue weighted by atomic mass is 16.7. The van der Waals surface area contributed by atoms with Crippen LogP contribution in [0, 0.1) is 11.3 Å². The second kappa shape index (κ2) is 9.68. The quantitative estimate of drug-likeness (QED) is 0.415. The molecule has 1 aliphatic carbocycles. The molecule has 2 heterocycles. The molecule has 1 aliphatic heterocycles. The molecule has 0 bridgehead atoms. The van der Waals surface area contributed by atoms with Crippen molar-refractivity contribution < 1.29 is 29.3 Å². The number of nitrogens with zero attached hydrogens (tertiary/aromatic N) is 3. The molecule has 11 nitrogen and oxygen atoms in total. The van der Waals surface area contributed by atoms with Gasteiger partial charge in [0.15, 0.2) is 5.82 Å². The zero-order valence-corrected chi connectivity index (χ0v) is 17.9. The number of aromatic nitrogens is 2. The minimum atomic E-state index is -0.945. The average molecular weight is 455 g/mol. The molecular weight excluding hydrogens is 430 g/mol. The Balaban J connectivity index is 1.63. The third kappa shape index (κ3) is 5.04. The SMILES string of the molecule is N#Cc1cccc(-c2nc(N)c(C(=O)NOCC3(O)CCC3)c(O[C@H]3CCO[C@H]3CO)n2)c1. The minimum Gasteiger partial charge on any atom is -0.471 e. The number of carbonyl (C=O) groups excluding carboxylic acids is 1. The van der Waals surface area contributed by atoms with Crippen LogP contribution in [0.4, 0.5) is 5.82 Å². The van der Waals surface area contributed by atoms with Gasteiger partial charge >= 0.3 is 0 Å². The zero-order valence-electron chi connectivity index (χ0n) is 17.9. The largest absolute Gasteiger partial charge is 0.471 e. The lowest BCUT2D eigenvalue weighted by Gasteiger charge is -2.35. The molecule has 2 fully saturated rings. The van der Waals surface area contributed by atoms with Crippen LogP contribution in [0.5, 0.6) is 5.88 Å². The number of nitrogens with one attached hydrogen (secondary N) is 1. The van der Waals surface area contributed by atoms with Crippen molar-refractivity contribution in [2.24, 2.45) is 0 Å². The topological polar surface area (TPSA) is 173 Å². The Kier molecular flexibility index (Phi) is 6.71. The molecule has 0 spiro atoms. The van der Waals surface area contributed by atoms with Gasteiger partial charge in [-0.15, -0.1) is 0 Å². The molecule has 2 aliphatic rings. The summed E-state index contributed by atoms with van der Waals surface area (Å²) in [5, 5.41) is 28.9. The van der Waals surface area contributed by atoms with Gasteiger partial charge in [-0.25, -0.2) is 10.5 Å². The summed E-state index contributed by atoms with van der Waals surface area (Å²) < 4.78 is 11.4. The van der Waals surface area contributed by atoms with Crippen LogP contribution >= 0.6 is 0 Å². The van der Waals surface area contributed by atoms with Gasteiger partial charge in [-0.1, -0.05) is 12.1 Å². The van der Waals surface area contributed by atoms with E-state index in [1.807, 2.05) is 6.07 Å². The first-order chi connectivity index (χ1) is 15.9. The Morgan fingerprint density at radius 2 is 2.21 bits per heavy atom. The average Bonchev–Trinajstić information content (AvgIpc) is 3.24. The van der Waals surface area contributed by atoms with Gasteiger partial charge in [-0.3, -0.25) is 9.63 Å². The second-order valence-electron chi connectivity index (χ2n) is 8.14. The molecule has 1 aromatic carbocycles. The number of carbonyl (C=O) groups is 1. The number of nitriles is 1. The molecular formula is C22H25N5O6. The van der Waals surface area contributed by atoms with Crippen molar-refractivity contribution in [2.75, 3.05) is 25.6 Å². The van der Waals surface area contributed by atoms with E-state index in [-0.39, 0.29) is 36.3 Å². The van der Waals surface area contributed by atoms with Crippen molar-refractivity contribution in [3.05, 3.63) is 35.4 Å². The molecule has 1 aromatic heterocycles. The number of benzene rings is 1. The van der Waals surface area contributed by atoms with Crippen LogP contribution in [0.25, 0.3) is 11.4 Å². The normalized spacial score (nSPS) is 21.1. The number of hydrogen-bond acceptors (Lipinski definition) is 10. The monoisotopic (exact) mass is 455 g/mol. The van der Waals surface area contributed by atoms with E-state index in [0.717, 1.165) is 6.42 Å². The number of hydroxylamine groups is 1. The summed E-state index contributed by atoms with van der Waals surface area (Å²) in [6, 6.07) is 8.67. The van der Waals surface area contributed by atoms with Crippen molar-refractivity contribution in [2.45, 2.75) is 43.5 Å². The summed E-state index contributed by atoms with van der Waals surface area (Å²) in [4.78, 5) is 26.7. The lowest BCUT2D eigenvalue weighted by Crippen LogP contribution is -2.44. The molecule has 2 atom stereocenters. The van der Waals surface area contributed by atoms with E-state index < -0.39 is 23.7 Å². The lowest BCUT2D eigenvalue weighted by molar-refractivity contribution is -0.113. The third-order valence-electron chi connectivity index (χ3n) is 5.76. The Morgan fingerprint density at radius 3 is 2.91 bits per heavy atom. The van der Waals surface area contributed by atoms with E-state index in [9.17, 15) is 20.3 Å². The fourth-order valence-electron chi connectivity index (χ4n) is 3.71. The van der Waals surface area contributed by atoms with Crippen LogP contribution in [0.1, 0.15) is 41.6 Å². The van der Waals surface area contributed by atoms with Crippen molar-refractivity contribution in [1.29, 1.82) is 5.26 Å². The number of aliphatic hydroxyl groups excluding tert-OH is 1. The number of amides is 1. The summed E-state index contributed by atoms with van der Waals surface area (Å²) in [6.07, 6.45) is 1.46. The predicted octanol–water partition coefficient (Wildman–Crippen LogP) is 0.702. The number of anilines is 1. The van der Waals surface area contributed by atoms with Gasteiger partial charge in [0.1, 0.15) is 30.2 Å². The molecule has 4 rings (SSSR count). The van der Waals surface area contributed by atoms with Crippen LogP contribution in [0.3, 0.4) is 0 Å². The van der Waals surface area contributed by atoms with Gasteiger partial charge in [0.25, 0.3) is 5.91 Å². The summed E-state index contributed by atoms with van der Waals surface area (Å²) in [5.41, 5.74) is 8.23. The maximum atomic E-state index is 12.9. The van der Waals surface area contributed by atoms with E-state index in [1.54, 1.807) is 24.3 Å². The number of hydrogen-bond donors (Lipinski definition) is 4. The highest BCUT2D eigenvalue weighted by Crippen LogP contribution is 2.32. The van der Waals surface area contributed by atoms with Gasteiger partial charge in [0, 0.05) is 12.0 Å². The number of nitrogen functional groups attached to an aromatic ring is 1. The van der Waals surface area contributed by atoms with Gasteiger partial charge in [0.2, 0.25) is 5.88 Å². The van der Waals surface area contributed by atoms with Crippen molar-refractivity contribution in [3.8, 4) is 23.3 Å². The first-order valence-corrected chi connectivity index (χ1v) is 10.6. The first-order valence-electron chi connectivity index (χ1n) is 10.6. The molecule has 0 unspecified atom stereocenters. The molecule has 1 saturated carbocycles. The maximum absolute atomic E-state index is 12.9. The smallest absolute Gasteiger partial charge is 0.284 e. The fraction of sp³-hybridized carbons (Fsp3) is 0.455.